The lowest BCUT2D eigenvalue weighted by Crippen LogP contribution is -2.28. The molecule has 1 N–H and O–H groups in total. The Hall–Kier alpha value is -2.48. The number of carbonyl (C=O) groups is 2. The fourth-order valence-corrected chi connectivity index (χ4v) is 4.83. The van der Waals surface area contributed by atoms with Crippen LogP contribution in [-0.2, 0) is 9.59 Å². The van der Waals surface area contributed by atoms with Crippen molar-refractivity contribution in [3.63, 3.8) is 0 Å². The number of ether oxygens (including phenoxy) is 1. The van der Waals surface area contributed by atoms with E-state index in [-0.39, 0.29) is 18.2 Å². The number of rotatable bonds is 5. The number of aromatic nitrogens is 2. The molecular formula is C20H24N4O3S. The van der Waals surface area contributed by atoms with Gasteiger partial charge in [-0.2, -0.15) is 0 Å². The third kappa shape index (κ3) is 4.01. The van der Waals surface area contributed by atoms with Gasteiger partial charge in [0, 0.05) is 30.6 Å². The molecule has 7 nitrogen and oxygen atoms in total. The summed E-state index contributed by atoms with van der Waals surface area (Å²) in [5.41, 5.74) is 0.746. The first-order valence-electron chi connectivity index (χ1n) is 9.72. The van der Waals surface area contributed by atoms with Gasteiger partial charge in [0.1, 0.15) is 10.8 Å². The van der Waals surface area contributed by atoms with Gasteiger partial charge in [-0.15, -0.1) is 10.2 Å². The van der Waals surface area contributed by atoms with Crippen LogP contribution >= 0.6 is 11.3 Å². The zero-order chi connectivity index (χ0) is 19.5. The molecule has 1 aromatic heterocycles. The van der Waals surface area contributed by atoms with Gasteiger partial charge in [0.25, 0.3) is 0 Å². The predicted octanol–water partition coefficient (Wildman–Crippen LogP) is 3.59. The van der Waals surface area contributed by atoms with Crippen molar-refractivity contribution in [2.24, 2.45) is 5.92 Å². The van der Waals surface area contributed by atoms with Crippen molar-refractivity contribution in [3.8, 4) is 5.75 Å². The van der Waals surface area contributed by atoms with E-state index in [0.29, 0.717) is 23.3 Å². The van der Waals surface area contributed by atoms with Crippen molar-refractivity contribution in [2.45, 2.75) is 44.4 Å². The predicted molar refractivity (Wildman–Crippen MR) is 108 cm³/mol. The Morgan fingerprint density at radius 2 is 2.07 bits per heavy atom. The normalized spacial score (nSPS) is 20.4. The highest BCUT2D eigenvalue weighted by molar-refractivity contribution is 7.15. The molecule has 1 aromatic carbocycles. The fourth-order valence-electron chi connectivity index (χ4n) is 3.92. The van der Waals surface area contributed by atoms with Gasteiger partial charge in [-0.05, 0) is 25.0 Å². The molecule has 0 spiro atoms. The lowest BCUT2D eigenvalue weighted by molar-refractivity contribution is -0.122. The first-order valence-corrected chi connectivity index (χ1v) is 10.5. The molecule has 4 rings (SSSR count). The van der Waals surface area contributed by atoms with Crippen molar-refractivity contribution >= 4 is 34.0 Å². The van der Waals surface area contributed by atoms with Crippen molar-refractivity contribution in [1.29, 1.82) is 0 Å². The summed E-state index contributed by atoms with van der Waals surface area (Å²) < 4.78 is 5.22. The fraction of sp³-hybridized carbons (Fsp3) is 0.500. The number of nitrogens with one attached hydrogen (secondary N) is 1. The van der Waals surface area contributed by atoms with Crippen LogP contribution in [0.15, 0.2) is 24.3 Å². The Balaban J connectivity index is 1.39. The van der Waals surface area contributed by atoms with E-state index in [1.54, 1.807) is 18.1 Å². The van der Waals surface area contributed by atoms with Crippen molar-refractivity contribution in [1.82, 2.24) is 10.2 Å². The summed E-state index contributed by atoms with van der Waals surface area (Å²) in [6.45, 7) is 0.353. The van der Waals surface area contributed by atoms with E-state index in [4.69, 9.17) is 4.74 Å². The molecule has 2 heterocycles. The summed E-state index contributed by atoms with van der Waals surface area (Å²) in [7, 11) is 1.59. The van der Waals surface area contributed by atoms with Crippen molar-refractivity contribution in [2.75, 3.05) is 23.9 Å². The second-order valence-corrected chi connectivity index (χ2v) is 8.39. The van der Waals surface area contributed by atoms with Crippen LogP contribution in [0.1, 0.15) is 49.5 Å². The minimum atomic E-state index is -0.402. The zero-order valence-electron chi connectivity index (χ0n) is 15.9. The van der Waals surface area contributed by atoms with Crippen LogP contribution in [0.5, 0.6) is 5.75 Å². The number of methoxy groups -OCH3 is 1. The van der Waals surface area contributed by atoms with E-state index >= 15 is 0 Å². The van der Waals surface area contributed by atoms with Gasteiger partial charge in [-0.1, -0.05) is 36.7 Å². The van der Waals surface area contributed by atoms with Crippen LogP contribution < -0.4 is 15.0 Å². The second kappa shape index (κ2) is 8.26. The van der Waals surface area contributed by atoms with Gasteiger partial charge in [0.05, 0.1) is 13.0 Å². The van der Waals surface area contributed by atoms with Crippen LogP contribution in [0.3, 0.4) is 0 Å². The lowest BCUT2D eigenvalue weighted by atomic mass is 9.90. The summed E-state index contributed by atoms with van der Waals surface area (Å²) >= 11 is 1.46. The Kier molecular flexibility index (Phi) is 5.57. The first-order chi connectivity index (χ1) is 13.6. The number of hydrogen-bond acceptors (Lipinski definition) is 6. The molecule has 2 amide bonds. The maximum Gasteiger partial charge on any atom is 0.231 e. The topological polar surface area (TPSA) is 84.4 Å². The minimum absolute atomic E-state index is 0.0615. The summed E-state index contributed by atoms with van der Waals surface area (Å²) in [5, 5.41) is 12.8. The summed E-state index contributed by atoms with van der Waals surface area (Å²) in [5.74, 6) is 0.509. The van der Waals surface area contributed by atoms with Gasteiger partial charge in [-0.25, -0.2) is 0 Å². The molecule has 148 valence electrons. The van der Waals surface area contributed by atoms with Gasteiger partial charge in [-0.3, -0.25) is 9.59 Å². The van der Waals surface area contributed by atoms with Crippen molar-refractivity contribution < 1.29 is 14.3 Å². The molecule has 8 heteroatoms. The Morgan fingerprint density at radius 1 is 1.25 bits per heavy atom. The van der Waals surface area contributed by atoms with Gasteiger partial charge >= 0.3 is 0 Å². The molecule has 1 atom stereocenters. The number of hydrogen-bond donors (Lipinski definition) is 1. The smallest absolute Gasteiger partial charge is 0.231 e. The van der Waals surface area contributed by atoms with E-state index in [1.165, 1.54) is 30.6 Å². The van der Waals surface area contributed by atoms with Crippen LogP contribution in [0.4, 0.5) is 10.8 Å². The molecule has 0 unspecified atom stereocenters. The highest BCUT2D eigenvalue weighted by Gasteiger charge is 2.35. The molecule has 1 saturated carbocycles. The third-order valence-electron chi connectivity index (χ3n) is 5.49. The monoisotopic (exact) mass is 400 g/mol. The van der Waals surface area contributed by atoms with Crippen molar-refractivity contribution in [3.05, 3.63) is 29.3 Å². The number of carbonyl (C=O) groups excluding carboxylic acids is 2. The number of anilines is 2. The van der Waals surface area contributed by atoms with E-state index in [0.717, 1.165) is 23.5 Å². The largest absolute Gasteiger partial charge is 0.497 e. The molecular weight excluding hydrogens is 376 g/mol. The highest BCUT2D eigenvalue weighted by Crippen LogP contribution is 2.35. The quantitative estimate of drug-likeness (QED) is 0.829. The van der Waals surface area contributed by atoms with E-state index < -0.39 is 5.92 Å². The molecule has 0 bridgehead atoms. The Labute approximate surface area is 168 Å². The Bertz CT molecular complexity index is 863. The van der Waals surface area contributed by atoms with Crippen LogP contribution in [0, 0.1) is 5.92 Å². The molecule has 2 aliphatic rings. The number of amides is 2. The third-order valence-corrected chi connectivity index (χ3v) is 6.49. The molecule has 2 fully saturated rings. The van der Waals surface area contributed by atoms with Crippen LogP contribution in [0.25, 0.3) is 0 Å². The SMILES string of the molecule is COc1cccc(N2C[C@@H](C(=O)Nc3nnc(C4CCCCC4)s3)CC2=O)c1. The lowest BCUT2D eigenvalue weighted by Gasteiger charge is -2.18. The average Bonchev–Trinajstić information content (AvgIpc) is 3.35. The first kappa shape index (κ1) is 18.9. The van der Waals surface area contributed by atoms with E-state index in [1.807, 2.05) is 18.2 Å². The maximum atomic E-state index is 12.7. The molecule has 2 aromatic rings. The standard InChI is InChI=1S/C20H24N4O3S/c1-27-16-9-5-8-15(11-16)24-12-14(10-17(24)25)18(26)21-20-23-22-19(28-20)13-6-3-2-4-7-13/h5,8-9,11,13-14H,2-4,6-7,10,12H2,1H3,(H,21,23,26)/t14-/m0/s1. The van der Waals surface area contributed by atoms with E-state index in [9.17, 15) is 9.59 Å². The molecule has 0 radical (unpaired) electrons. The number of nitrogens with zero attached hydrogens (tertiary/aromatic N) is 3. The second-order valence-electron chi connectivity index (χ2n) is 7.38. The summed E-state index contributed by atoms with van der Waals surface area (Å²) in [4.78, 5) is 26.7. The average molecular weight is 401 g/mol. The highest BCUT2D eigenvalue weighted by atomic mass is 32.1. The van der Waals surface area contributed by atoms with Gasteiger partial charge in [0.2, 0.25) is 16.9 Å². The minimum Gasteiger partial charge on any atom is -0.497 e. The molecule has 28 heavy (non-hydrogen) atoms. The zero-order valence-corrected chi connectivity index (χ0v) is 16.7. The molecule has 1 saturated heterocycles. The molecule has 1 aliphatic heterocycles. The van der Waals surface area contributed by atoms with Gasteiger partial charge < -0.3 is 15.0 Å². The summed E-state index contributed by atoms with van der Waals surface area (Å²) in [6, 6.07) is 7.32. The van der Waals surface area contributed by atoms with Gasteiger partial charge in [0.15, 0.2) is 0 Å². The molecule has 1 aliphatic carbocycles. The van der Waals surface area contributed by atoms with E-state index in [2.05, 4.69) is 15.5 Å². The summed E-state index contributed by atoms with van der Waals surface area (Å²) in [6.07, 6.45) is 6.24. The van der Waals surface area contributed by atoms with Crippen LogP contribution in [-0.4, -0.2) is 35.7 Å². The maximum absolute atomic E-state index is 12.7. The number of benzene rings is 1. The van der Waals surface area contributed by atoms with Crippen LogP contribution in [0.2, 0.25) is 0 Å². The Morgan fingerprint density at radius 3 is 2.86 bits per heavy atom.